The average Bonchev–Trinajstić information content (AvgIpc) is 3.09. The average molecular weight is 262 g/mol. The summed E-state index contributed by atoms with van der Waals surface area (Å²) in [5, 5.41) is 13.4. The molecule has 1 fully saturated rings. The lowest BCUT2D eigenvalue weighted by Gasteiger charge is -2.24. The zero-order chi connectivity index (χ0) is 12.2. The van der Waals surface area contributed by atoms with E-state index in [0.717, 1.165) is 26.2 Å². The number of piperazine rings is 1. The molecule has 94 valence electrons. The summed E-state index contributed by atoms with van der Waals surface area (Å²) in [6.07, 6.45) is 3.84. The van der Waals surface area contributed by atoms with Gasteiger partial charge in [0, 0.05) is 37.1 Å². The molecule has 1 saturated heterocycles. The van der Waals surface area contributed by atoms with Crippen LogP contribution >= 0.6 is 11.3 Å². The van der Waals surface area contributed by atoms with Crippen molar-refractivity contribution in [3.05, 3.63) is 28.3 Å². The summed E-state index contributed by atoms with van der Waals surface area (Å²) in [7, 11) is 0. The van der Waals surface area contributed by atoms with Gasteiger partial charge in [-0.1, -0.05) is 11.2 Å². The molecule has 0 unspecified atom stereocenters. The maximum absolute atomic E-state index is 5.62. The highest BCUT2D eigenvalue weighted by Crippen LogP contribution is 2.16. The smallest absolute Gasteiger partial charge is 0.318 e. The quantitative estimate of drug-likeness (QED) is 0.912. The van der Waals surface area contributed by atoms with Crippen LogP contribution in [0.3, 0.4) is 0 Å². The number of hydrogen-bond acceptors (Lipinski definition) is 6. The maximum atomic E-state index is 5.62. The third-order valence-corrected chi connectivity index (χ3v) is 3.59. The second kappa shape index (κ2) is 5.32. The van der Waals surface area contributed by atoms with Gasteiger partial charge >= 0.3 is 6.01 Å². The van der Waals surface area contributed by atoms with Gasteiger partial charge in [-0.3, -0.25) is 0 Å². The van der Waals surface area contributed by atoms with Crippen molar-refractivity contribution >= 4 is 29.5 Å². The van der Waals surface area contributed by atoms with Gasteiger partial charge in [-0.25, -0.2) is 0 Å². The minimum absolute atomic E-state index is 0.553. The van der Waals surface area contributed by atoms with Gasteiger partial charge in [0.2, 0.25) is 5.89 Å². The Morgan fingerprint density at radius 3 is 2.94 bits per heavy atom. The molecule has 2 aromatic rings. The molecule has 1 N–H and O–H groups in total. The second-order valence-electron chi connectivity index (χ2n) is 4.01. The van der Waals surface area contributed by atoms with Crippen LogP contribution in [0.4, 0.5) is 6.01 Å². The Bertz CT molecular complexity index is 514. The Balaban J connectivity index is 1.69. The Kier molecular flexibility index (Phi) is 3.38. The molecule has 3 rings (SSSR count). The van der Waals surface area contributed by atoms with E-state index in [4.69, 9.17) is 4.42 Å². The molecule has 6 heteroatoms. The molecular weight excluding hydrogens is 248 g/mol. The summed E-state index contributed by atoms with van der Waals surface area (Å²) in [6, 6.07) is 4.68. The Hall–Kier alpha value is -1.66. The Morgan fingerprint density at radius 2 is 2.17 bits per heavy atom. The summed E-state index contributed by atoms with van der Waals surface area (Å²) < 4.78 is 5.62. The number of anilines is 1. The topological polar surface area (TPSA) is 54.2 Å². The van der Waals surface area contributed by atoms with Gasteiger partial charge in [0.05, 0.1) is 0 Å². The van der Waals surface area contributed by atoms with Gasteiger partial charge in [0.25, 0.3) is 0 Å². The summed E-state index contributed by atoms with van der Waals surface area (Å²) in [4.78, 5) is 3.28. The molecule has 0 aliphatic carbocycles. The SMILES string of the molecule is C(=C\c1cccs1)/c1nnc(N2CCNCC2)o1. The van der Waals surface area contributed by atoms with Crippen molar-refractivity contribution in [2.75, 3.05) is 31.1 Å². The Labute approximate surface area is 109 Å². The van der Waals surface area contributed by atoms with Crippen LogP contribution in [0.1, 0.15) is 10.8 Å². The molecule has 2 aromatic heterocycles. The van der Waals surface area contributed by atoms with Gasteiger partial charge in [-0.15, -0.1) is 16.4 Å². The molecule has 1 aliphatic heterocycles. The summed E-state index contributed by atoms with van der Waals surface area (Å²) in [5.74, 6) is 0.553. The first-order valence-corrected chi connectivity index (χ1v) is 6.80. The lowest BCUT2D eigenvalue weighted by atomic mass is 10.4. The fourth-order valence-electron chi connectivity index (χ4n) is 1.82. The lowest BCUT2D eigenvalue weighted by molar-refractivity contribution is 0.493. The monoisotopic (exact) mass is 262 g/mol. The van der Waals surface area contributed by atoms with Crippen LogP contribution in [-0.4, -0.2) is 36.4 Å². The van der Waals surface area contributed by atoms with E-state index in [-0.39, 0.29) is 0 Å². The van der Waals surface area contributed by atoms with Crippen LogP contribution in [0, 0.1) is 0 Å². The first kappa shape index (κ1) is 11.4. The van der Waals surface area contributed by atoms with Crippen LogP contribution in [-0.2, 0) is 0 Å². The van der Waals surface area contributed by atoms with Crippen LogP contribution in [0.2, 0.25) is 0 Å². The van der Waals surface area contributed by atoms with E-state index < -0.39 is 0 Å². The molecule has 0 spiro atoms. The second-order valence-corrected chi connectivity index (χ2v) is 4.99. The number of hydrogen-bond donors (Lipinski definition) is 1. The minimum Gasteiger partial charge on any atom is -0.404 e. The molecule has 3 heterocycles. The molecule has 0 radical (unpaired) electrons. The van der Waals surface area contributed by atoms with Crippen LogP contribution in [0.5, 0.6) is 0 Å². The summed E-state index contributed by atoms with van der Waals surface area (Å²) in [6.45, 7) is 3.75. The van der Waals surface area contributed by atoms with Crippen molar-refractivity contribution in [1.29, 1.82) is 0 Å². The van der Waals surface area contributed by atoms with Gasteiger partial charge in [-0.2, -0.15) is 0 Å². The van der Waals surface area contributed by atoms with Gasteiger partial charge in [-0.05, 0) is 17.5 Å². The first-order valence-electron chi connectivity index (χ1n) is 5.92. The highest BCUT2D eigenvalue weighted by atomic mass is 32.1. The summed E-state index contributed by atoms with van der Waals surface area (Å²) in [5.41, 5.74) is 0. The lowest BCUT2D eigenvalue weighted by Crippen LogP contribution is -2.43. The highest BCUT2D eigenvalue weighted by molar-refractivity contribution is 7.10. The Morgan fingerprint density at radius 1 is 1.28 bits per heavy atom. The zero-order valence-corrected chi connectivity index (χ0v) is 10.7. The number of nitrogens with zero attached hydrogens (tertiary/aromatic N) is 3. The molecule has 0 amide bonds. The largest absolute Gasteiger partial charge is 0.404 e. The van der Waals surface area contributed by atoms with E-state index in [1.165, 1.54) is 4.88 Å². The molecule has 0 atom stereocenters. The maximum Gasteiger partial charge on any atom is 0.318 e. The van der Waals surface area contributed by atoms with Crippen LogP contribution in [0.15, 0.2) is 21.9 Å². The molecule has 0 bridgehead atoms. The minimum atomic E-state index is 0.553. The number of nitrogens with one attached hydrogen (secondary N) is 1. The van der Waals surface area contributed by atoms with E-state index >= 15 is 0 Å². The number of aromatic nitrogens is 2. The van der Waals surface area contributed by atoms with Gasteiger partial charge < -0.3 is 14.6 Å². The van der Waals surface area contributed by atoms with Crippen molar-refractivity contribution in [3.8, 4) is 0 Å². The van der Waals surface area contributed by atoms with Crippen molar-refractivity contribution in [1.82, 2.24) is 15.5 Å². The molecule has 0 saturated carbocycles. The standard InChI is InChI=1S/C12H14N4OS/c1-2-10(18-9-1)3-4-11-14-15-12(17-11)16-7-5-13-6-8-16/h1-4,9,13H,5-8H2/b4-3+. The number of rotatable bonds is 3. The third-order valence-electron chi connectivity index (χ3n) is 2.75. The van der Waals surface area contributed by atoms with E-state index in [2.05, 4.69) is 26.5 Å². The summed E-state index contributed by atoms with van der Waals surface area (Å²) >= 11 is 1.68. The van der Waals surface area contributed by atoms with Gasteiger partial charge in [0.15, 0.2) is 0 Å². The van der Waals surface area contributed by atoms with E-state index in [0.29, 0.717) is 11.9 Å². The van der Waals surface area contributed by atoms with Gasteiger partial charge in [0.1, 0.15) is 0 Å². The predicted octanol–water partition coefficient (Wildman–Crippen LogP) is 1.71. The highest BCUT2D eigenvalue weighted by Gasteiger charge is 2.15. The van der Waals surface area contributed by atoms with Crippen molar-refractivity contribution < 1.29 is 4.42 Å². The van der Waals surface area contributed by atoms with Crippen LogP contribution in [0.25, 0.3) is 12.2 Å². The number of thiophene rings is 1. The van der Waals surface area contributed by atoms with Crippen molar-refractivity contribution in [2.24, 2.45) is 0 Å². The molecular formula is C12H14N4OS. The van der Waals surface area contributed by atoms with Crippen molar-refractivity contribution in [3.63, 3.8) is 0 Å². The molecule has 5 nitrogen and oxygen atoms in total. The predicted molar refractivity (Wildman–Crippen MR) is 72.6 cm³/mol. The van der Waals surface area contributed by atoms with E-state index in [9.17, 15) is 0 Å². The molecule has 0 aromatic carbocycles. The van der Waals surface area contributed by atoms with E-state index in [1.54, 1.807) is 11.3 Å². The normalized spacial score (nSPS) is 16.6. The zero-order valence-electron chi connectivity index (χ0n) is 9.87. The van der Waals surface area contributed by atoms with Crippen molar-refractivity contribution in [2.45, 2.75) is 0 Å². The molecule has 18 heavy (non-hydrogen) atoms. The first-order chi connectivity index (χ1) is 8.92. The van der Waals surface area contributed by atoms with E-state index in [1.807, 2.05) is 23.6 Å². The third kappa shape index (κ3) is 2.60. The van der Waals surface area contributed by atoms with Crippen LogP contribution < -0.4 is 10.2 Å². The fraction of sp³-hybridized carbons (Fsp3) is 0.333. The fourth-order valence-corrected chi connectivity index (χ4v) is 2.44. The molecule has 1 aliphatic rings.